The van der Waals surface area contributed by atoms with Gasteiger partial charge in [0.05, 0.1) is 4.90 Å². The van der Waals surface area contributed by atoms with Gasteiger partial charge in [-0.1, -0.05) is 42.1 Å². The fourth-order valence-corrected chi connectivity index (χ4v) is 4.18. The Morgan fingerprint density at radius 3 is 2.59 bits per heavy atom. The Morgan fingerprint density at radius 1 is 1.15 bits per heavy atom. The van der Waals surface area contributed by atoms with Crippen molar-refractivity contribution in [2.45, 2.75) is 23.0 Å². The van der Waals surface area contributed by atoms with Gasteiger partial charge in [0.2, 0.25) is 10.0 Å². The second kappa shape index (κ2) is 8.24. The number of thioether (sulfide) groups is 1. The van der Waals surface area contributed by atoms with Gasteiger partial charge in [-0.15, -0.1) is 0 Å². The van der Waals surface area contributed by atoms with Crippen LogP contribution in [-0.4, -0.2) is 43.3 Å². The first-order chi connectivity index (χ1) is 12.9. The lowest BCUT2D eigenvalue weighted by Crippen LogP contribution is -2.22. The monoisotopic (exact) mass is 404 g/mol. The quantitative estimate of drug-likeness (QED) is 0.322. The number of hydrogen-bond donors (Lipinski definition) is 0. The number of fused-ring (bicyclic) bond motifs is 1. The van der Waals surface area contributed by atoms with Crippen LogP contribution in [0.15, 0.2) is 63.1 Å². The van der Waals surface area contributed by atoms with Crippen LogP contribution in [0.5, 0.6) is 0 Å². The van der Waals surface area contributed by atoms with E-state index in [1.807, 2.05) is 30.3 Å². The number of carbonyl (C=O) groups excluding carboxylic acids is 1. The Bertz CT molecular complexity index is 1040. The molecule has 6 nitrogen and oxygen atoms in total. The molecular weight excluding hydrogens is 384 g/mol. The molecule has 0 aliphatic carbocycles. The number of oxazole rings is 1. The van der Waals surface area contributed by atoms with Crippen molar-refractivity contribution in [2.24, 2.45) is 0 Å². The zero-order chi connectivity index (χ0) is 19.4. The molecule has 0 saturated heterocycles. The molecule has 0 amide bonds. The molecule has 1 aromatic heterocycles. The standard InChI is InChI=1S/C19H20N2O4S2/c1-21(2)27(23,24)15-10-11-18-16(13-15)20-19(25-18)26-12-6-9-17(22)14-7-4-3-5-8-14/h3-5,7-8,10-11,13H,6,9,12H2,1-2H3. The highest BCUT2D eigenvalue weighted by Gasteiger charge is 2.19. The molecule has 0 atom stereocenters. The van der Waals surface area contributed by atoms with E-state index in [0.29, 0.717) is 34.9 Å². The molecule has 2 aromatic carbocycles. The first-order valence-electron chi connectivity index (χ1n) is 8.42. The molecule has 3 aromatic rings. The van der Waals surface area contributed by atoms with Crippen LogP contribution in [0.25, 0.3) is 11.1 Å². The Hall–Kier alpha value is -2.16. The average molecular weight is 405 g/mol. The molecule has 0 saturated carbocycles. The Kier molecular flexibility index (Phi) is 5.98. The van der Waals surface area contributed by atoms with Gasteiger partial charge in [-0.2, -0.15) is 0 Å². The van der Waals surface area contributed by atoms with Crippen molar-refractivity contribution in [3.63, 3.8) is 0 Å². The summed E-state index contributed by atoms with van der Waals surface area (Å²) >= 11 is 1.41. The maximum atomic E-state index is 12.2. The highest BCUT2D eigenvalue weighted by atomic mass is 32.2. The third-order valence-corrected chi connectivity index (χ3v) is 6.71. The van der Waals surface area contributed by atoms with E-state index in [2.05, 4.69) is 4.98 Å². The highest BCUT2D eigenvalue weighted by Crippen LogP contribution is 2.26. The smallest absolute Gasteiger partial charge is 0.256 e. The number of carbonyl (C=O) groups is 1. The third kappa shape index (κ3) is 4.58. The zero-order valence-electron chi connectivity index (χ0n) is 15.1. The van der Waals surface area contributed by atoms with Crippen LogP contribution in [0.1, 0.15) is 23.2 Å². The van der Waals surface area contributed by atoms with Crippen LogP contribution in [0, 0.1) is 0 Å². The minimum atomic E-state index is -3.51. The van der Waals surface area contributed by atoms with E-state index in [1.165, 1.54) is 38.0 Å². The maximum Gasteiger partial charge on any atom is 0.256 e. The first kappa shape index (κ1) is 19.6. The van der Waals surface area contributed by atoms with Crippen LogP contribution >= 0.6 is 11.8 Å². The van der Waals surface area contributed by atoms with Crippen LogP contribution in [0.4, 0.5) is 0 Å². The van der Waals surface area contributed by atoms with Gasteiger partial charge in [0.25, 0.3) is 5.22 Å². The van der Waals surface area contributed by atoms with E-state index >= 15 is 0 Å². The van der Waals surface area contributed by atoms with E-state index in [4.69, 9.17) is 4.42 Å². The lowest BCUT2D eigenvalue weighted by molar-refractivity contribution is 0.0982. The normalized spacial score (nSPS) is 12.0. The van der Waals surface area contributed by atoms with Gasteiger partial charge in [0.15, 0.2) is 11.4 Å². The number of ketones is 1. The number of Topliss-reactive ketones (excluding diaryl/α,β-unsaturated/α-hetero) is 1. The molecule has 1 heterocycles. The highest BCUT2D eigenvalue weighted by molar-refractivity contribution is 7.99. The molecule has 0 radical (unpaired) electrons. The summed E-state index contributed by atoms with van der Waals surface area (Å²) in [5.74, 6) is 0.807. The summed E-state index contributed by atoms with van der Waals surface area (Å²) in [6, 6.07) is 13.9. The van der Waals surface area contributed by atoms with Gasteiger partial charge in [0.1, 0.15) is 5.52 Å². The molecular formula is C19H20N2O4S2. The van der Waals surface area contributed by atoms with Gasteiger partial charge >= 0.3 is 0 Å². The lowest BCUT2D eigenvalue weighted by atomic mass is 10.1. The number of aromatic nitrogens is 1. The van der Waals surface area contributed by atoms with Crippen LogP contribution < -0.4 is 0 Å². The molecule has 0 fully saturated rings. The van der Waals surface area contributed by atoms with Crippen LogP contribution in [-0.2, 0) is 10.0 Å². The van der Waals surface area contributed by atoms with Gasteiger partial charge in [-0.3, -0.25) is 4.79 Å². The predicted molar refractivity (Wildman–Crippen MR) is 106 cm³/mol. The molecule has 0 spiro atoms. The van der Waals surface area contributed by atoms with Gasteiger partial charge in [0, 0.05) is 31.8 Å². The molecule has 142 valence electrons. The second-order valence-corrected chi connectivity index (χ2v) is 9.34. The van der Waals surface area contributed by atoms with E-state index in [0.717, 1.165) is 9.87 Å². The lowest BCUT2D eigenvalue weighted by Gasteiger charge is -2.10. The average Bonchev–Trinajstić information content (AvgIpc) is 3.07. The first-order valence-corrected chi connectivity index (χ1v) is 10.8. The van der Waals surface area contributed by atoms with Crippen molar-refractivity contribution >= 4 is 38.7 Å². The number of nitrogens with zero attached hydrogens (tertiary/aromatic N) is 2. The maximum absolute atomic E-state index is 12.2. The van der Waals surface area contributed by atoms with Gasteiger partial charge < -0.3 is 4.42 Å². The zero-order valence-corrected chi connectivity index (χ0v) is 16.7. The largest absolute Gasteiger partial charge is 0.431 e. The molecule has 0 N–H and O–H groups in total. The van der Waals surface area contributed by atoms with Crippen LogP contribution in [0.3, 0.4) is 0 Å². The van der Waals surface area contributed by atoms with Crippen molar-refractivity contribution in [2.75, 3.05) is 19.8 Å². The fraction of sp³-hybridized carbons (Fsp3) is 0.263. The summed E-state index contributed by atoms with van der Waals surface area (Å²) in [5, 5.41) is 0.469. The number of rotatable bonds is 8. The molecule has 3 rings (SSSR count). The Morgan fingerprint density at radius 2 is 1.89 bits per heavy atom. The molecule has 8 heteroatoms. The SMILES string of the molecule is CN(C)S(=O)(=O)c1ccc2oc(SCCCC(=O)c3ccccc3)nc2c1. The van der Waals surface area contributed by atoms with E-state index < -0.39 is 10.0 Å². The molecule has 27 heavy (non-hydrogen) atoms. The molecule has 0 aliphatic rings. The summed E-state index contributed by atoms with van der Waals surface area (Å²) in [4.78, 5) is 16.6. The second-order valence-electron chi connectivity index (χ2n) is 6.14. The molecule has 0 bridgehead atoms. The summed E-state index contributed by atoms with van der Waals surface area (Å²) < 4.78 is 31.2. The molecule has 0 unspecified atom stereocenters. The van der Waals surface area contributed by atoms with Crippen molar-refractivity contribution in [1.82, 2.24) is 9.29 Å². The van der Waals surface area contributed by atoms with Crippen molar-refractivity contribution in [3.05, 3.63) is 54.1 Å². The minimum absolute atomic E-state index is 0.118. The van der Waals surface area contributed by atoms with E-state index in [9.17, 15) is 13.2 Å². The van der Waals surface area contributed by atoms with Crippen molar-refractivity contribution < 1.29 is 17.6 Å². The van der Waals surface area contributed by atoms with Crippen LogP contribution in [0.2, 0.25) is 0 Å². The fourth-order valence-electron chi connectivity index (χ4n) is 2.48. The topological polar surface area (TPSA) is 80.5 Å². The van der Waals surface area contributed by atoms with E-state index in [1.54, 1.807) is 6.07 Å². The summed E-state index contributed by atoms with van der Waals surface area (Å²) in [7, 11) is -0.536. The van der Waals surface area contributed by atoms with Gasteiger partial charge in [-0.05, 0) is 24.6 Å². The Balaban J connectivity index is 1.60. The van der Waals surface area contributed by atoms with Crippen molar-refractivity contribution in [1.29, 1.82) is 0 Å². The minimum Gasteiger partial charge on any atom is -0.431 e. The number of hydrogen-bond acceptors (Lipinski definition) is 6. The van der Waals surface area contributed by atoms with E-state index in [-0.39, 0.29) is 10.7 Å². The third-order valence-electron chi connectivity index (χ3n) is 3.99. The predicted octanol–water partition coefficient (Wildman–Crippen LogP) is 3.83. The van der Waals surface area contributed by atoms with Gasteiger partial charge in [-0.25, -0.2) is 17.7 Å². The number of sulfonamides is 1. The summed E-state index contributed by atoms with van der Waals surface area (Å²) in [6.45, 7) is 0. The number of benzene rings is 2. The summed E-state index contributed by atoms with van der Waals surface area (Å²) in [5.41, 5.74) is 1.76. The van der Waals surface area contributed by atoms with Crippen molar-refractivity contribution in [3.8, 4) is 0 Å². The molecule has 0 aliphatic heterocycles. The summed E-state index contributed by atoms with van der Waals surface area (Å²) in [6.07, 6.45) is 1.17. The Labute approximate surface area is 162 Å².